The predicted molar refractivity (Wildman–Crippen MR) is 72.0 cm³/mol. The maximum Gasteiger partial charge on any atom is 0.0669 e. The Kier molecular flexibility index (Phi) is 4.58. The molecule has 17 heavy (non-hydrogen) atoms. The molecule has 1 atom stereocenters. The first-order chi connectivity index (χ1) is 8.29. The Morgan fingerprint density at radius 3 is 2.94 bits per heavy atom. The third-order valence-corrected chi connectivity index (χ3v) is 3.58. The highest BCUT2D eigenvalue weighted by Gasteiger charge is 2.13. The second kappa shape index (κ2) is 6.18. The third kappa shape index (κ3) is 3.55. The molecule has 0 fully saturated rings. The van der Waals surface area contributed by atoms with Crippen molar-refractivity contribution >= 4 is 27.5 Å². The highest BCUT2D eigenvalue weighted by Crippen LogP contribution is 2.21. The molecule has 1 N–H and O–H groups in total. The average Bonchev–Trinajstić information content (AvgIpc) is 2.82. The summed E-state index contributed by atoms with van der Waals surface area (Å²) in [6.45, 7) is 3.02. The van der Waals surface area contributed by atoms with Crippen LogP contribution < -0.4 is 5.32 Å². The van der Waals surface area contributed by atoms with Crippen LogP contribution in [0.15, 0.2) is 29.1 Å². The summed E-state index contributed by atoms with van der Waals surface area (Å²) in [7, 11) is 0. The van der Waals surface area contributed by atoms with Crippen LogP contribution in [0.4, 0.5) is 0 Å². The van der Waals surface area contributed by atoms with Gasteiger partial charge >= 0.3 is 0 Å². The van der Waals surface area contributed by atoms with Crippen molar-refractivity contribution in [2.75, 3.05) is 6.54 Å². The molecule has 2 heterocycles. The number of hydrogen-bond donors (Lipinski definition) is 1. The van der Waals surface area contributed by atoms with Gasteiger partial charge in [0, 0.05) is 22.9 Å². The fraction of sp³-hybridized carbons (Fsp3) is 0.364. The lowest BCUT2D eigenvalue weighted by Crippen LogP contribution is -2.22. The molecular weight excluding hydrogens is 300 g/mol. The molecule has 1 unspecified atom stereocenters. The van der Waals surface area contributed by atoms with Crippen LogP contribution in [0.1, 0.15) is 23.4 Å². The van der Waals surface area contributed by atoms with Crippen molar-refractivity contribution in [1.29, 1.82) is 0 Å². The minimum absolute atomic E-state index is 0.260. The van der Waals surface area contributed by atoms with E-state index in [0.29, 0.717) is 0 Å². The maximum absolute atomic E-state index is 4.18. The molecule has 4 nitrogen and oxygen atoms in total. The largest absolute Gasteiger partial charge is 0.309 e. The van der Waals surface area contributed by atoms with E-state index in [2.05, 4.69) is 48.8 Å². The minimum atomic E-state index is 0.260. The normalized spacial score (nSPS) is 12.6. The second-order valence-corrected chi connectivity index (χ2v) is 5.38. The van der Waals surface area contributed by atoms with Gasteiger partial charge < -0.3 is 5.32 Å². The van der Waals surface area contributed by atoms with Crippen LogP contribution in [0, 0.1) is 0 Å². The fourth-order valence-electron chi connectivity index (χ4n) is 1.65. The van der Waals surface area contributed by atoms with Gasteiger partial charge in [-0.2, -0.15) is 0 Å². The Bertz CT molecular complexity index is 460. The molecule has 0 saturated carbocycles. The van der Waals surface area contributed by atoms with Crippen LogP contribution in [-0.4, -0.2) is 21.1 Å². The molecular formula is C11H13BrN4S. The first kappa shape index (κ1) is 12.6. The second-order valence-electron chi connectivity index (χ2n) is 3.65. The number of likely N-dealkylation sites (N-methyl/N-ethyl adjacent to an activating group) is 1. The van der Waals surface area contributed by atoms with Gasteiger partial charge in [0.25, 0.3) is 0 Å². The van der Waals surface area contributed by atoms with Crippen molar-refractivity contribution in [1.82, 2.24) is 19.9 Å². The number of pyridine rings is 1. The average molecular weight is 313 g/mol. The molecule has 0 aliphatic rings. The van der Waals surface area contributed by atoms with Crippen molar-refractivity contribution in [3.05, 3.63) is 39.6 Å². The summed E-state index contributed by atoms with van der Waals surface area (Å²) in [5.41, 5.74) is 1.19. The summed E-state index contributed by atoms with van der Waals surface area (Å²) in [5, 5.41) is 7.33. The van der Waals surface area contributed by atoms with E-state index < -0.39 is 0 Å². The standard InChI is InChI=1S/C11H13BrN4S/c1-2-14-10(11-7-15-16-17-11)4-8-3-9(12)6-13-5-8/h3,5-7,10,14H,2,4H2,1H3. The minimum Gasteiger partial charge on any atom is -0.309 e. The molecule has 0 bridgehead atoms. The van der Waals surface area contributed by atoms with Crippen LogP contribution in [0.25, 0.3) is 0 Å². The maximum atomic E-state index is 4.18. The van der Waals surface area contributed by atoms with E-state index in [4.69, 9.17) is 0 Å². The molecule has 90 valence electrons. The van der Waals surface area contributed by atoms with Crippen molar-refractivity contribution < 1.29 is 0 Å². The van der Waals surface area contributed by atoms with Crippen LogP contribution in [0.5, 0.6) is 0 Å². The number of halogens is 1. The first-order valence-electron chi connectivity index (χ1n) is 5.39. The van der Waals surface area contributed by atoms with Crippen molar-refractivity contribution in [2.45, 2.75) is 19.4 Å². The molecule has 2 aromatic heterocycles. The Hall–Kier alpha value is -0.850. The zero-order chi connectivity index (χ0) is 12.1. The van der Waals surface area contributed by atoms with Gasteiger partial charge in [-0.05, 0) is 52.1 Å². The van der Waals surface area contributed by atoms with Crippen LogP contribution in [-0.2, 0) is 6.42 Å². The molecule has 0 saturated heterocycles. The molecule has 2 aromatic rings. The van der Waals surface area contributed by atoms with Gasteiger partial charge in [-0.15, -0.1) is 5.10 Å². The number of rotatable bonds is 5. The Balaban J connectivity index is 2.13. The van der Waals surface area contributed by atoms with Crippen molar-refractivity contribution in [3.8, 4) is 0 Å². The van der Waals surface area contributed by atoms with Crippen LogP contribution >= 0.6 is 27.5 Å². The number of aromatic nitrogens is 3. The fourth-order valence-corrected chi connectivity index (χ4v) is 2.64. The summed E-state index contributed by atoms with van der Waals surface area (Å²) in [5.74, 6) is 0. The smallest absolute Gasteiger partial charge is 0.0669 e. The summed E-state index contributed by atoms with van der Waals surface area (Å²) in [6, 6.07) is 2.35. The molecule has 0 amide bonds. The highest BCUT2D eigenvalue weighted by atomic mass is 79.9. The van der Waals surface area contributed by atoms with Gasteiger partial charge in [0.05, 0.1) is 11.1 Å². The van der Waals surface area contributed by atoms with Gasteiger partial charge in [0.1, 0.15) is 0 Å². The van der Waals surface area contributed by atoms with Crippen molar-refractivity contribution in [2.24, 2.45) is 0 Å². The predicted octanol–water partition coefficient (Wildman–Crippen LogP) is 2.59. The third-order valence-electron chi connectivity index (χ3n) is 2.37. The van der Waals surface area contributed by atoms with E-state index in [0.717, 1.165) is 22.3 Å². The summed E-state index contributed by atoms with van der Waals surface area (Å²) in [6.07, 6.45) is 6.40. The lowest BCUT2D eigenvalue weighted by molar-refractivity contribution is 0.556. The van der Waals surface area contributed by atoms with Crippen LogP contribution in [0.2, 0.25) is 0 Å². The molecule has 2 rings (SSSR count). The van der Waals surface area contributed by atoms with E-state index >= 15 is 0 Å². The molecule has 0 aliphatic carbocycles. The van der Waals surface area contributed by atoms with Gasteiger partial charge in [-0.1, -0.05) is 11.4 Å². The molecule has 6 heteroatoms. The number of hydrogen-bond acceptors (Lipinski definition) is 5. The zero-order valence-electron chi connectivity index (χ0n) is 9.43. The van der Waals surface area contributed by atoms with Gasteiger partial charge in [0.15, 0.2) is 0 Å². The zero-order valence-corrected chi connectivity index (χ0v) is 11.8. The molecule has 0 aromatic carbocycles. The van der Waals surface area contributed by atoms with Gasteiger partial charge in [-0.25, -0.2) is 0 Å². The van der Waals surface area contributed by atoms with Gasteiger partial charge in [-0.3, -0.25) is 4.98 Å². The Labute approximate surface area is 113 Å². The summed E-state index contributed by atoms with van der Waals surface area (Å²) < 4.78 is 4.92. The van der Waals surface area contributed by atoms with Gasteiger partial charge in [0.2, 0.25) is 0 Å². The van der Waals surface area contributed by atoms with E-state index in [1.807, 2.05) is 12.4 Å². The number of nitrogens with zero attached hydrogens (tertiary/aromatic N) is 3. The lowest BCUT2D eigenvalue weighted by atomic mass is 10.1. The molecule has 0 spiro atoms. The lowest BCUT2D eigenvalue weighted by Gasteiger charge is -2.15. The molecule has 0 aliphatic heterocycles. The SMILES string of the molecule is CCNC(Cc1cncc(Br)c1)c1cnns1. The Morgan fingerprint density at radius 1 is 1.41 bits per heavy atom. The van der Waals surface area contributed by atoms with E-state index in [-0.39, 0.29) is 6.04 Å². The Morgan fingerprint density at radius 2 is 2.29 bits per heavy atom. The summed E-state index contributed by atoms with van der Waals surface area (Å²) in [4.78, 5) is 5.34. The van der Waals surface area contributed by atoms with Crippen LogP contribution in [0.3, 0.4) is 0 Å². The molecule has 0 radical (unpaired) electrons. The first-order valence-corrected chi connectivity index (χ1v) is 6.96. The van der Waals surface area contributed by atoms with E-state index in [1.54, 1.807) is 6.20 Å². The van der Waals surface area contributed by atoms with Crippen molar-refractivity contribution in [3.63, 3.8) is 0 Å². The topological polar surface area (TPSA) is 50.7 Å². The monoisotopic (exact) mass is 312 g/mol. The summed E-state index contributed by atoms with van der Waals surface area (Å²) >= 11 is 4.87. The number of nitrogens with one attached hydrogen (secondary N) is 1. The quantitative estimate of drug-likeness (QED) is 0.922. The van der Waals surface area contributed by atoms with E-state index in [9.17, 15) is 0 Å². The highest BCUT2D eigenvalue weighted by molar-refractivity contribution is 9.10. The van der Waals surface area contributed by atoms with E-state index in [1.165, 1.54) is 17.1 Å².